The van der Waals surface area contributed by atoms with E-state index in [1.807, 2.05) is 18.2 Å². The second kappa shape index (κ2) is 9.08. The molecule has 1 N–H and O–H groups in total. The Balaban J connectivity index is 0.000000941. The van der Waals surface area contributed by atoms with E-state index in [-0.39, 0.29) is 0 Å². The number of hydrogen-bond acceptors (Lipinski definition) is 3. The van der Waals surface area contributed by atoms with Crippen molar-refractivity contribution in [3.63, 3.8) is 0 Å². The zero-order valence-corrected chi connectivity index (χ0v) is 14.1. The number of alkyl halides is 9. The lowest BCUT2D eigenvalue weighted by Gasteiger charge is -2.30. The van der Waals surface area contributed by atoms with Gasteiger partial charge in [-0.25, -0.2) is 0 Å². The summed E-state index contributed by atoms with van der Waals surface area (Å²) in [6, 6.07) is 5.72. The maximum absolute atomic E-state index is 13.0. The van der Waals surface area contributed by atoms with E-state index < -0.39 is 59.1 Å². The normalized spacial score (nSPS) is 13.7. The smallest absolute Gasteiger partial charge is 0.281 e. The molecule has 0 saturated heterocycles. The molecule has 1 rings (SSSR count). The van der Waals surface area contributed by atoms with E-state index in [1.165, 1.54) is 0 Å². The molecule has 1 aromatic rings. The SMILES string of the molecule is O=S(=O)(O)C(F)(F)C(F)(F)C(F)(F)CCCCC(F)(F)F.c1ccncc1. The van der Waals surface area contributed by atoms with E-state index in [1.54, 1.807) is 12.4 Å². The Labute approximate surface area is 148 Å². The molecule has 0 aliphatic carbocycles. The number of rotatable bonds is 7. The van der Waals surface area contributed by atoms with Crippen LogP contribution in [0.2, 0.25) is 0 Å². The molecule has 27 heavy (non-hydrogen) atoms. The summed E-state index contributed by atoms with van der Waals surface area (Å²) >= 11 is 0. The van der Waals surface area contributed by atoms with E-state index in [0.29, 0.717) is 0 Å². The molecule has 0 bridgehead atoms. The molecule has 0 aromatic carbocycles. The summed E-state index contributed by atoms with van der Waals surface area (Å²) in [6.45, 7) is 0. The van der Waals surface area contributed by atoms with Crippen LogP contribution in [-0.2, 0) is 10.1 Å². The maximum Gasteiger partial charge on any atom is 0.437 e. The number of pyridine rings is 1. The summed E-state index contributed by atoms with van der Waals surface area (Å²) in [4.78, 5) is 3.78. The highest BCUT2D eigenvalue weighted by Crippen LogP contribution is 2.50. The Hall–Kier alpha value is -1.57. The van der Waals surface area contributed by atoms with E-state index in [4.69, 9.17) is 4.55 Å². The molecule has 0 radical (unpaired) electrons. The first kappa shape index (κ1) is 25.4. The average molecular weight is 435 g/mol. The highest BCUT2D eigenvalue weighted by molar-refractivity contribution is 7.87. The van der Waals surface area contributed by atoms with Crippen molar-refractivity contribution in [3.05, 3.63) is 30.6 Å². The van der Waals surface area contributed by atoms with Crippen LogP contribution in [-0.4, -0.2) is 41.2 Å². The van der Waals surface area contributed by atoms with Gasteiger partial charge in [-0.1, -0.05) is 6.07 Å². The molecule has 0 unspecified atom stereocenters. The number of halogens is 9. The Kier molecular flexibility index (Phi) is 8.55. The van der Waals surface area contributed by atoms with E-state index in [0.717, 1.165) is 0 Å². The maximum atomic E-state index is 13.0. The molecule has 1 heterocycles. The van der Waals surface area contributed by atoms with Crippen LogP contribution in [0.3, 0.4) is 0 Å². The lowest BCUT2D eigenvalue weighted by molar-refractivity contribution is -0.283. The van der Waals surface area contributed by atoms with Crippen LogP contribution < -0.4 is 0 Å². The van der Waals surface area contributed by atoms with Gasteiger partial charge in [-0.3, -0.25) is 9.54 Å². The Morgan fingerprint density at radius 1 is 0.778 bits per heavy atom. The third kappa shape index (κ3) is 7.52. The summed E-state index contributed by atoms with van der Waals surface area (Å²) < 4.78 is 140. The molecule has 0 spiro atoms. The zero-order valence-electron chi connectivity index (χ0n) is 13.2. The number of unbranched alkanes of at least 4 members (excludes halogenated alkanes) is 1. The Bertz CT molecular complexity index is 637. The molecule has 0 amide bonds. The van der Waals surface area contributed by atoms with E-state index in [9.17, 15) is 47.9 Å². The van der Waals surface area contributed by atoms with Gasteiger partial charge in [0.25, 0.3) is 0 Å². The summed E-state index contributed by atoms with van der Waals surface area (Å²) in [7, 11) is -6.84. The van der Waals surface area contributed by atoms with Gasteiger partial charge in [-0.2, -0.15) is 47.9 Å². The fourth-order valence-corrected chi connectivity index (χ4v) is 1.99. The average Bonchev–Trinajstić information content (AvgIpc) is 2.51. The van der Waals surface area contributed by atoms with Crippen LogP contribution in [0.5, 0.6) is 0 Å². The van der Waals surface area contributed by atoms with Gasteiger partial charge >= 0.3 is 33.4 Å². The second-order valence-corrected chi connectivity index (χ2v) is 6.58. The minimum atomic E-state index is -6.84. The van der Waals surface area contributed by atoms with Crippen molar-refractivity contribution in [1.29, 1.82) is 0 Å². The molecule has 0 fully saturated rings. The summed E-state index contributed by atoms with van der Waals surface area (Å²) in [5.74, 6) is -12.1. The second-order valence-electron chi connectivity index (χ2n) is 5.12. The van der Waals surface area contributed by atoms with Crippen LogP contribution in [0.1, 0.15) is 25.7 Å². The van der Waals surface area contributed by atoms with Crippen molar-refractivity contribution in [2.45, 2.75) is 49.0 Å². The monoisotopic (exact) mass is 435 g/mol. The van der Waals surface area contributed by atoms with Gasteiger partial charge in [0.2, 0.25) is 0 Å². The quantitative estimate of drug-likeness (QED) is 0.374. The van der Waals surface area contributed by atoms with Crippen molar-refractivity contribution in [2.75, 3.05) is 0 Å². The number of hydrogen-bond donors (Lipinski definition) is 1. The minimum Gasteiger partial charge on any atom is -0.281 e. The third-order valence-corrected chi connectivity index (χ3v) is 3.82. The summed E-state index contributed by atoms with van der Waals surface area (Å²) in [6.07, 6.45) is -7.18. The van der Waals surface area contributed by atoms with Gasteiger partial charge in [0.1, 0.15) is 0 Å². The Morgan fingerprint density at radius 3 is 1.52 bits per heavy atom. The molecule has 158 valence electrons. The van der Waals surface area contributed by atoms with Gasteiger partial charge < -0.3 is 0 Å². The van der Waals surface area contributed by atoms with E-state index in [2.05, 4.69) is 4.98 Å². The fourth-order valence-electron chi connectivity index (χ4n) is 1.52. The first-order valence-corrected chi connectivity index (χ1v) is 8.42. The van der Waals surface area contributed by atoms with E-state index >= 15 is 0 Å². The first-order chi connectivity index (χ1) is 12.0. The van der Waals surface area contributed by atoms with Gasteiger partial charge in [-0.15, -0.1) is 0 Å². The standard InChI is InChI=1S/C8H9F9O3S.C5H5N/c9-5(10,3-1-2-4-6(11,12)13)7(14,15)8(16,17)21(18,19)20;1-2-4-6-5-3-1/h1-4H2,(H,18,19,20);1-5H. The predicted molar refractivity (Wildman–Crippen MR) is 75.1 cm³/mol. The lowest BCUT2D eigenvalue weighted by Crippen LogP contribution is -2.57. The van der Waals surface area contributed by atoms with Crippen LogP contribution in [0.25, 0.3) is 0 Å². The van der Waals surface area contributed by atoms with Crippen molar-refractivity contribution < 1.29 is 52.5 Å². The lowest BCUT2D eigenvalue weighted by atomic mass is 10.0. The van der Waals surface area contributed by atoms with Gasteiger partial charge in [-0.05, 0) is 25.0 Å². The number of nitrogens with zero attached hydrogens (tertiary/aromatic N) is 1. The zero-order chi connectivity index (χ0) is 21.6. The molecule has 0 aliphatic rings. The van der Waals surface area contributed by atoms with Crippen LogP contribution in [0, 0.1) is 0 Å². The minimum absolute atomic E-state index is 1.04. The molecule has 0 aliphatic heterocycles. The van der Waals surface area contributed by atoms with Gasteiger partial charge in [0.15, 0.2) is 0 Å². The van der Waals surface area contributed by atoms with Crippen LogP contribution >= 0.6 is 0 Å². The largest absolute Gasteiger partial charge is 0.437 e. The molecular weight excluding hydrogens is 421 g/mol. The van der Waals surface area contributed by atoms with Crippen LogP contribution in [0.15, 0.2) is 30.6 Å². The molecule has 14 heteroatoms. The molecule has 0 atom stereocenters. The third-order valence-electron chi connectivity index (χ3n) is 2.92. The van der Waals surface area contributed by atoms with Crippen molar-refractivity contribution in [1.82, 2.24) is 4.98 Å². The fraction of sp³-hybridized carbons (Fsp3) is 0.615. The highest BCUT2D eigenvalue weighted by Gasteiger charge is 2.76. The molecule has 1 aromatic heterocycles. The molecular formula is C13H14F9NO3S. The van der Waals surface area contributed by atoms with Crippen molar-refractivity contribution in [3.8, 4) is 0 Å². The number of aromatic nitrogens is 1. The Morgan fingerprint density at radius 2 is 1.22 bits per heavy atom. The van der Waals surface area contributed by atoms with Gasteiger partial charge in [0, 0.05) is 25.2 Å². The molecule has 4 nitrogen and oxygen atoms in total. The van der Waals surface area contributed by atoms with Crippen LogP contribution in [0.4, 0.5) is 39.5 Å². The predicted octanol–water partition coefficient (Wildman–Crippen LogP) is 4.94. The first-order valence-electron chi connectivity index (χ1n) is 6.98. The van der Waals surface area contributed by atoms with Crippen molar-refractivity contribution in [2.24, 2.45) is 0 Å². The summed E-state index contributed by atoms with van der Waals surface area (Å²) in [5, 5.41) is -6.48. The molecule has 0 saturated carbocycles. The van der Waals surface area contributed by atoms with Crippen molar-refractivity contribution >= 4 is 10.1 Å². The summed E-state index contributed by atoms with van der Waals surface area (Å²) in [5.41, 5.74) is 0. The topological polar surface area (TPSA) is 67.3 Å². The van der Waals surface area contributed by atoms with Gasteiger partial charge in [0.05, 0.1) is 0 Å². The highest BCUT2D eigenvalue weighted by atomic mass is 32.2.